The highest BCUT2D eigenvalue weighted by Crippen LogP contribution is 2.27. The van der Waals surface area contributed by atoms with E-state index >= 15 is 0 Å². The fourth-order valence-electron chi connectivity index (χ4n) is 2.62. The number of rotatable bonds is 10. The number of carbonyl (C=O) groups is 1. The first-order valence-electron chi connectivity index (χ1n) is 9.28. The predicted molar refractivity (Wildman–Crippen MR) is 117 cm³/mol. The Morgan fingerprint density at radius 3 is 2.43 bits per heavy atom. The number of carbonyl (C=O) groups excluding carboxylic acids is 1. The van der Waals surface area contributed by atoms with E-state index in [1.54, 1.807) is 24.4 Å². The number of hydrogen-bond donors (Lipinski definition) is 1. The smallest absolute Gasteiger partial charge is 0.277 e. The summed E-state index contributed by atoms with van der Waals surface area (Å²) in [6.45, 7) is 6.22. The van der Waals surface area contributed by atoms with Gasteiger partial charge in [0.25, 0.3) is 5.91 Å². The molecule has 1 N–H and O–H groups in total. The molecule has 0 saturated carbocycles. The number of hydrogen-bond acceptors (Lipinski definition) is 4. The minimum atomic E-state index is -0.388. The summed E-state index contributed by atoms with van der Waals surface area (Å²) in [6.07, 6.45) is 3.81. The topological polar surface area (TPSA) is 53.9 Å². The number of benzene rings is 2. The monoisotopic (exact) mass is 421 g/mol. The molecule has 0 bridgehead atoms. The summed E-state index contributed by atoms with van der Waals surface area (Å²) >= 11 is 11.9. The van der Waals surface area contributed by atoms with Crippen molar-refractivity contribution in [1.82, 2.24) is 5.43 Å². The van der Waals surface area contributed by atoms with Gasteiger partial charge in [-0.15, -0.1) is 0 Å². The summed E-state index contributed by atoms with van der Waals surface area (Å²) in [5, 5.41) is 4.84. The molecule has 0 saturated heterocycles. The minimum absolute atomic E-state index is 0.209. The van der Waals surface area contributed by atoms with E-state index in [1.165, 1.54) is 5.69 Å². The molecule has 0 heterocycles. The van der Waals surface area contributed by atoms with Crippen LogP contribution in [0.25, 0.3) is 0 Å². The van der Waals surface area contributed by atoms with E-state index in [1.807, 2.05) is 12.1 Å². The number of nitrogens with one attached hydrogen (secondary N) is 1. The number of anilines is 1. The Labute approximate surface area is 176 Å². The van der Waals surface area contributed by atoms with Crippen LogP contribution >= 0.6 is 23.2 Å². The lowest BCUT2D eigenvalue weighted by Crippen LogP contribution is -2.25. The van der Waals surface area contributed by atoms with E-state index in [9.17, 15) is 4.79 Å². The highest BCUT2D eigenvalue weighted by molar-refractivity contribution is 6.34. The van der Waals surface area contributed by atoms with Gasteiger partial charge in [-0.1, -0.05) is 49.2 Å². The molecule has 28 heavy (non-hydrogen) atoms. The molecular weight excluding hydrogens is 397 g/mol. The Bertz CT molecular complexity index is 789. The molecule has 0 fully saturated rings. The molecule has 2 aromatic rings. The van der Waals surface area contributed by atoms with Crippen LogP contribution < -0.4 is 15.1 Å². The molecule has 0 radical (unpaired) electrons. The third kappa shape index (κ3) is 7.06. The third-order valence-electron chi connectivity index (χ3n) is 3.90. The van der Waals surface area contributed by atoms with Crippen molar-refractivity contribution in [3.05, 3.63) is 58.1 Å². The summed E-state index contributed by atoms with van der Waals surface area (Å²) in [5.74, 6) is -0.0337. The zero-order chi connectivity index (χ0) is 20.4. The van der Waals surface area contributed by atoms with Gasteiger partial charge >= 0.3 is 0 Å². The highest BCUT2D eigenvalue weighted by atomic mass is 35.5. The molecule has 150 valence electrons. The number of halogens is 2. The average molecular weight is 422 g/mol. The standard InChI is InChI=1S/C21H25Cl2N3O2/c1-3-11-26(12-4-2)18-8-5-16(6-9-18)14-24-25-21(27)15-28-20-13-17(22)7-10-19(20)23/h5-10,13-14H,3-4,11-12,15H2,1-2H3,(H,25,27). The van der Waals surface area contributed by atoms with Crippen LogP contribution in [-0.4, -0.2) is 31.8 Å². The van der Waals surface area contributed by atoms with Crippen LogP contribution in [0.5, 0.6) is 5.75 Å². The van der Waals surface area contributed by atoms with E-state index in [2.05, 4.69) is 41.4 Å². The van der Waals surface area contributed by atoms with Crippen molar-refractivity contribution in [2.45, 2.75) is 26.7 Å². The summed E-state index contributed by atoms with van der Waals surface area (Å²) in [5.41, 5.74) is 4.52. The number of ether oxygens (including phenoxy) is 1. The van der Waals surface area contributed by atoms with Crippen molar-refractivity contribution in [2.75, 3.05) is 24.6 Å². The van der Waals surface area contributed by atoms with Crippen LogP contribution in [0.15, 0.2) is 47.6 Å². The Hall–Kier alpha value is -2.24. The molecule has 0 unspecified atom stereocenters. The van der Waals surface area contributed by atoms with E-state index in [-0.39, 0.29) is 12.5 Å². The molecular formula is C21H25Cl2N3O2. The first kappa shape index (κ1) is 22.1. The number of nitrogens with zero attached hydrogens (tertiary/aromatic N) is 2. The fourth-order valence-corrected chi connectivity index (χ4v) is 2.96. The van der Waals surface area contributed by atoms with Gasteiger partial charge < -0.3 is 9.64 Å². The summed E-state index contributed by atoms with van der Waals surface area (Å²) in [7, 11) is 0. The summed E-state index contributed by atoms with van der Waals surface area (Å²) < 4.78 is 5.36. The SMILES string of the molecule is CCCN(CCC)c1ccc(C=NNC(=O)COc2cc(Cl)ccc2Cl)cc1. The third-order valence-corrected chi connectivity index (χ3v) is 4.45. The van der Waals surface area contributed by atoms with E-state index in [0.717, 1.165) is 31.5 Å². The van der Waals surface area contributed by atoms with E-state index in [0.29, 0.717) is 15.8 Å². The Morgan fingerprint density at radius 2 is 1.79 bits per heavy atom. The van der Waals surface area contributed by atoms with Gasteiger partial charge in [0.1, 0.15) is 5.75 Å². The molecule has 0 spiro atoms. The molecule has 1 amide bonds. The lowest BCUT2D eigenvalue weighted by Gasteiger charge is -2.23. The number of hydrazone groups is 1. The Morgan fingerprint density at radius 1 is 1.11 bits per heavy atom. The van der Waals surface area contributed by atoms with Crippen molar-refractivity contribution in [3.8, 4) is 5.75 Å². The van der Waals surface area contributed by atoms with E-state index in [4.69, 9.17) is 27.9 Å². The van der Waals surface area contributed by atoms with Gasteiger partial charge in [-0.3, -0.25) is 4.79 Å². The molecule has 2 rings (SSSR count). The van der Waals surface area contributed by atoms with Crippen LogP contribution in [-0.2, 0) is 4.79 Å². The van der Waals surface area contributed by atoms with Gasteiger partial charge in [-0.2, -0.15) is 5.10 Å². The lowest BCUT2D eigenvalue weighted by atomic mass is 10.2. The average Bonchev–Trinajstić information content (AvgIpc) is 2.69. The first-order chi connectivity index (χ1) is 13.5. The summed E-state index contributed by atoms with van der Waals surface area (Å²) in [4.78, 5) is 14.2. The minimum Gasteiger partial charge on any atom is -0.482 e. The maximum absolute atomic E-state index is 11.9. The first-order valence-corrected chi connectivity index (χ1v) is 10.0. The molecule has 5 nitrogen and oxygen atoms in total. The Balaban J connectivity index is 1.84. The molecule has 0 aliphatic carbocycles. The van der Waals surface area contributed by atoms with Crippen molar-refractivity contribution in [2.24, 2.45) is 5.10 Å². The second kappa shape index (κ2) is 11.6. The Kier molecular flexibility index (Phi) is 9.11. The maximum atomic E-state index is 11.9. The maximum Gasteiger partial charge on any atom is 0.277 e. The van der Waals surface area contributed by atoms with E-state index < -0.39 is 0 Å². The van der Waals surface area contributed by atoms with Crippen molar-refractivity contribution in [3.63, 3.8) is 0 Å². The van der Waals surface area contributed by atoms with Gasteiger partial charge in [0.2, 0.25) is 0 Å². The summed E-state index contributed by atoms with van der Waals surface area (Å²) in [6, 6.07) is 12.9. The molecule has 0 atom stereocenters. The van der Waals surface area contributed by atoms with Crippen LogP contribution in [0.1, 0.15) is 32.3 Å². The van der Waals surface area contributed by atoms with Crippen molar-refractivity contribution < 1.29 is 9.53 Å². The number of amides is 1. The largest absolute Gasteiger partial charge is 0.482 e. The second-order valence-electron chi connectivity index (χ2n) is 6.24. The van der Waals surface area contributed by atoms with Gasteiger partial charge in [-0.25, -0.2) is 5.43 Å². The van der Waals surface area contributed by atoms with Crippen LogP contribution in [0, 0.1) is 0 Å². The molecule has 0 aliphatic rings. The van der Waals surface area contributed by atoms with Gasteiger partial charge in [0.05, 0.1) is 11.2 Å². The quantitative estimate of drug-likeness (QED) is 0.426. The molecule has 0 aliphatic heterocycles. The van der Waals surface area contributed by atoms with Gasteiger partial charge in [-0.05, 0) is 42.7 Å². The van der Waals surface area contributed by atoms with Crippen molar-refractivity contribution in [1.29, 1.82) is 0 Å². The van der Waals surface area contributed by atoms with Crippen LogP contribution in [0.2, 0.25) is 10.0 Å². The molecule has 7 heteroatoms. The second-order valence-corrected chi connectivity index (χ2v) is 7.08. The zero-order valence-corrected chi connectivity index (χ0v) is 17.6. The lowest BCUT2D eigenvalue weighted by molar-refractivity contribution is -0.123. The van der Waals surface area contributed by atoms with Crippen LogP contribution in [0.4, 0.5) is 5.69 Å². The van der Waals surface area contributed by atoms with Crippen LogP contribution in [0.3, 0.4) is 0 Å². The van der Waals surface area contributed by atoms with Gasteiger partial charge in [0.15, 0.2) is 6.61 Å². The molecule has 2 aromatic carbocycles. The highest BCUT2D eigenvalue weighted by Gasteiger charge is 2.06. The predicted octanol–water partition coefficient (Wildman–Crippen LogP) is 5.15. The normalized spacial score (nSPS) is 10.9. The molecule has 0 aromatic heterocycles. The zero-order valence-electron chi connectivity index (χ0n) is 16.1. The fraction of sp³-hybridized carbons (Fsp3) is 0.333. The van der Waals surface area contributed by atoms with Crippen molar-refractivity contribution >= 4 is 41.0 Å². The van der Waals surface area contributed by atoms with Gasteiger partial charge in [0, 0.05) is 29.9 Å².